The van der Waals surface area contributed by atoms with Crippen LogP contribution in [0.1, 0.15) is 36.4 Å². The highest BCUT2D eigenvalue weighted by Gasteiger charge is 2.40. The Labute approximate surface area is 189 Å². The molecule has 0 unspecified atom stereocenters. The number of aromatic nitrogens is 1. The lowest BCUT2D eigenvalue weighted by Gasteiger charge is -2.43. The van der Waals surface area contributed by atoms with Gasteiger partial charge in [0.2, 0.25) is 0 Å². The average Bonchev–Trinajstić information content (AvgIpc) is 3.33. The molecule has 2 N–H and O–H groups in total. The van der Waals surface area contributed by atoms with Gasteiger partial charge in [0, 0.05) is 49.1 Å². The predicted molar refractivity (Wildman–Crippen MR) is 121 cm³/mol. The van der Waals surface area contributed by atoms with Gasteiger partial charge in [0.05, 0.1) is 6.54 Å². The van der Waals surface area contributed by atoms with Crippen molar-refractivity contribution in [1.82, 2.24) is 20.5 Å². The number of thioether (sulfide) groups is 1. The van der Waals surface area contributed by atoms with Crippen molar-refractivity contribution in [2.75, 3.05) is 38.2 Å². The number of rotatable bonds is 5. The van der Waals surface area contributed by atoms with Crippen LogP contribution in [0.2, 0.25) is 0 Å². The van der Waals surface area contributed by atoms with Gasteiger partial charge in [-0.05, 0) is 12.8 Å². The first-order valence-electron chi connectivity index (χ1n) is 9.22. The van der Waals surface area contributed by atoms with E-state index in [9.17, 15) is 13.2 Å². The first-order chi connectivity index (χ1) is 12.9. The first kappa shape index (κ1) is 24.0. The number of halogens is 4. The van der Waals surface area contributed by atoms with Crippen LogP contribution in [0, 0.1) is 0 Å². The topological polar surface area (TPSA) is 52.6 Å². The van der Waals surface area contributed by atoms with Crippen molar-refractivity contribution in [2.45, 2.75) is 43.9 Å². The van der Waals surface area contributed by atoms with Gasteiger partial charge in [-0.15, -0.1) is 35.3 Å². The molecule has 2 heterocycles. The summed E-state index contributed by atoms with van der Waals surface area (Å²) in [5, 5.41) is 7.94. The third-order valence-electron chi connectivity index (χ3n) is 5.27. The SMILES string of the molecule is CN=C(NCc1nc(C(F)(F)F)cs1)NCC1(N2CCSCC2)CCCC1.I. The van der Waals surface area contributed by atoms with Crippen LogP contribution in [0.15, 0.2) is 10.4 Å². The van der Waals surface area contributed by atoms with E-state index in [2.05, 4.69) is 25.5 Å². The molecule has 1 aliphatic carbocycles. The molecular weight excluding hydrogens is 522 g/mol. The zero-order valence-corrected chi connectivity index (χ0v) is 19.8. The minimum absolute atomic E-state index is 0. The molecule has 3 rings (SSSR count). The summed E-state index contributed by atoms with van der Waals surface area (Å²) in [4.78, 5) is 10.5. The molecule has 1 aromatic heterocycles. The molecule has 2 aliphatic rings. The molecule has 1 saturated heterocycles. The molecule has 2 fully saturated rings. The summed E-state index contributed by atoms with van der Waals surface area (Å²) in [5.74, 6) is 2.97. The van der Waals surface area contributed by atoms with E-state index in [4.69, 9.17) is 0 Å². The van der Waals surface area contributed by atoms with E-state index in [0.717, 1.165) is 36.4 Å². The number of aliphatic imine (C=N–C) groups is 1. The third-order valence-corrected chi connectivity index (χ3v) is 7.07. The molecule has 1 aliphatic heterocycles. The van der Waals surface area contributed by atoms with Crippen LogP contribution in [-0.2, 0) is 12.7 Å². The Balaban J connectivity index is 0.00000280. The number of nitrogens with one attached hydrogen (secondary N) is 2. The van der Waals surface area contributed by atoms with Gasteiger partial charge < -0.3 is 10.6 Å². The van der Waals surface area contributed by atoms with E-state index in [1.807, 2.05) is 11.8 Å². The van der Waals surface area contributed by atoms with Crippen molar-refractivity contribution >= 4 is 53.0 Å². The monoisotopic (exact) mass is 549 g/mol. The van der Waals surface area contributed by atoms with Crippen LogP contribution in [-0.4, -0.2) is 59.6 Å². The fourth-order valence-corrected chi connectivity index (χ4v) is 5.47. The zero-order chi connectivity index (χ0) is 19.3. The summed E-state index contributed by atoms with van der Waals surface area (Å²) < 4.78 is 38.0. The van der Waals surface area contributed by atoms with Crippen molar-refractivity contribution in [2.24, 2.45) is 4.99 Å². The zero-order valence-electron chi connectivity index (χ0n) is 15.8. The Morgan fingerprint density at radius 2 is 1.93 bits per heavy atom. The minimum Gasteiger partial charge on any atom is -0.355 e. The number of guanidine groups is 1. The summed E-state index contributed by atoms with van der Waals surface area (Å²) in [5.41, 5.74) is -0.663. The predicted octanol–water partition coefficient (Wildman–Crippen LogP) is 3.81. The van der Waals surface area contributed by atoms with Crippen LogP contribution in [0.4, 0.5) is 13.2 Å². The molecule has 1 aromatic rings. The molecular formula is C17H27F3IN5S2. The van der Waals surface area contributed by atoms with Crippen molar-refractivity contribution in [3.05, 3.63) is 16.1 Å². The second kappa shape index (κ2) is 10.7. The van der Waals surface area contributed by atoms with Crippen LogP contribution in [0.5, 0.6) is 0 Å². The highest BCUT2D eigenvalue weighted by atomic mass is 127. The molecule has 0 amide bonds. The Hall–Kier alpha value is -0.270. The lowest BCUT2D eigenvalue weighted by Crippen LogP contribution is -2.57. The summed E-state index contributed by atoms with van der Waals surface area (Å²) in [6.45, 7) is 3.28. The summed E-state index contributed by atoms with van der Waals surface area (Å²) in [7, 11) is 1.68. The van der Waals surface area contributed by atoms with Gasteiger partial charge in [-0.3, -0.25) is 9.89 Å². The van der Waals surface area contributed by atoms with E-state index in [-0.39, 0.29) is 36.1 Å². The number of hydrogen-bond donors (Lipinski definition) is 2. The van der Waals surface area contributed by atoms with Gasteiger partial charge in [-0.2, -0.15) is 24.9 Å². The standard InChI is InChI=1S/C17H26F3N5S2.HI/c1-21-15(22-10-14-24-13(11-27-14)17(18,19)20)23-12-16(4-2-3-5-16)25-6-8-26-9-7-25;/h11H,2-10,12H2,1H3,(H2,21,22,23);1H. The number of alkyl halides is 3. The second-order valence-corrected chi connectivity index (χ2v) is 9.10. The van der Waals surface area contributed by atoms with Gasteiger partial charge in [0.25, 0.3) is 0 Å². The maximum absolute atomic E-state index is 12.7. The first-order valence-corrected chi connectivity index (χ1v) is 11.3. The Morgan fingerprint density at radius 1 is 1.25 bits per heavy atom. The van der Waals surface area contributed by atoms with Crippen molar-refractivity contribution in [3.8, 4) is 0 Å². The molecule has 0 aromatic carbocycles. The van der Waals surface area contributed by atoms with Crippen molar-refractivity contribution in [3.63, 3.8) is 0 Å². The van der Waals surface area contributed by atoms with E-state index < -0.39 is 11.9 Å². The Kier molecular flexibility index (Phi) is 9.14. The fraction of sp³-hybridized carbons (Fsp3) is 0.765. The van der Waals surface area contributed by atoms with Crippen molar-refractivity contribution in [1.29, 1.82) is 0 Å². The largest absolute Gasteiger partial charge is 0.434 e. The normalized spacial score (nSPS) is 20.6. The molecule has 0 spiro atoms. The maximum atomic E-state index is 12.7. The molecule has 11 heteroatoms. The van der Waals surface area contributed by atoms with Gasteiger partial charge in [0.15, 0.2) is 11.7 Å². The summed E-state index contributed by atoms with van der Waals surface area (Å²) >= 11 is 3.02. The summed E-state index contributed by atoms with van der Waals surface area (Å²) in [6, 6.07) is 0. The minimum atomic E-state index is -4.39. The molecule has 1 saturated carbocycles. The van der Waals surface area contributed by atoms with Gasteiger partial charge in [-0.25, -0.2) is 4.98 Å². The molecule has 0 radical (unpaired) electrons. The van der Waals surface area contributed by atoms with Crippen LogP contribution in [0.25, 0.3) is 0 Å². The van der Waals surface area contributed by atoms with Gasteiger partial charge in [-0.1, -0.05) is 12.8 Å². The Morgan fingerprint density at radius 3 is 2.50 bits per heavy atom. The van der Waals surface area contributed by atoms with E-state index in [1.54, 1.807) is 7.05 Å². The lowest BCUT2D eigenvalue weighted by molar-refractivity contribution is -0.140. The van der Waals surface area contributed by atoms with Gasteiger partial charge >= 0.3 is 6.18 Å². The van der Waals surface area contributed by atoms with Gasteiger partial charge in [0.1, 0.15) is 5.01 Å². The lowest BCUT2D eigenvalue weighted by atomic mass is 9.94. The smallest absolute Gasteiger partial charge is 0.355 e. The number of thiazole rings is 1. The highest BCUT2D eigenvalue weighted by molar-refractivity contribution is 14.0. The maximum Gasteiger partial charge on any atom is 0.434 e. The quantitative estimate of drug-likeness (QED) is 0.333. The number of hydrogen-bond acceptors (Lipinski definition) is 5. The van der Waals surface area contributed by atoms with Crippen molar-refractivity contribution < 1.29 is 13.2 Å². The van der Waals surface area contributed by atoms with Crippen LogP contribution in [0.3, 0.4) is 0 Å². The number of nitrogens with zero attached hydrogens (tertiary/aromatic N) is 3. The second-order valence-electron chi connectivity index (χ2n) is 6.93. The molecule has 28 heavy (non-hydrogen) atoms. The molecule has 160 valence electrons. The van der Waals surface area contributed by atoms with E-state index in [1.165, 1.54) is 37.2 Å². The molecule has 0 atom stereocenters. The van der Waals surface area contributed by atoms with E-state index >= 15 is 0 Å². The van der Waals surface area contributed by atoms with Crippen LogP contribution < -0.4 is 10.6 Å². The van der Waals surface area contributed by atoms with Crippen LogP contribution >= 0.6 is 47.1 Å². The summed E-state index contributed by atoms with van der Waals surface area (Å²) in [6.07, 6.45) is 0.468. The Bertz CT molecular complexity index is 641. The third kappa shape index (κ3) is 6.11. The highest BCUT2D eigenvalue weighted by Crippen LogP contribution is 2.36. The average molecular weight is 549 g/mol. The van der Waals surface area contributed by atoms with E-state index in [0.29, 0.717) is 11.0 Å². The molecule has 0 bridgehead atoms. The fourth-order valence-electron chi connectivity index (χ4n) is 3.83. The molecule has 5 nitrogen and oxygen atoms in total.